The molecule has 0 saturated carbocycles. The Hall–Kier alpha value is -4.23. The molecular weight excluding hydrogens is 649 g/mol. The van der Waals surface area contributed by atoms with Crippen LogP contribution in [0.5, 0.6) is 11.5 Å². The van der Waals surface area contributed by atoms with Gasteiger partial charge in [0.05, 0.1) is 42.0 Å². The van der Waals surface area contributed by atoms with E-state index in [4.69, 9.17) is 9.47 Å². The van der Waals surface area contributed by atoms with E-state index in [0.29, 0.717) is 41.0 Å². The summed E-state index contributed by atoms with van der Waals surface area (Å²) in [6.07, 6.45) is 0.711. The number of hydrogen-bond acceptors (Lipinski definition) is 9. The van der Waals surface area contributed by atoms with E-state index >= 15 is 0 Å². The van der Waals surface area contributed by atoms with Gasteiger partial charge in [0.15, 0.2) is 11.5 Å². The van der Waals surface area contributed by atoms with E-state index in [-0.39, 0.29) is 29.3 Å². The molecule has 2 aliphatic rings. The number of fused-ring (bicyclic) bond motifs is 1. The predicted octanol–water partition coefficient (Wildman–Crippen LogP) is 5.74. The fraction of sp³-hybridized carbons (Fsp3) is 0.333. The Bertz CT molecular complexity index is 1860. The van der Waals surface area contributed by atoms with Crippen molar-refractivity contribution in [3.05, 3.63) is 106 Å². The number of amides is 2. The van der Waals surface area contributed by atoms with Gasteiger partial charge in [-0.2, -0.15) is 11.3 Å². The van der Waals surface area contributed by atoms with Crippen molar-refractivity contribution >= 4 is 38.9 Å². The second-order valence-electron chi connectivity index (χ2n) is 11.9. The van der Waals surface area contributed by atoms with Gasteiger partial charge in [-0.15, -0.1) is 0 Å². The van der Waals surface area contributed by atoms with E-state index in [2.05, 4.69) is 45.7 Å². The third-order valence-electron chi connectivity index (χ3n) is 9.26. The molecule has 1 unspecified atom stereocenters. The minimum atomic E-state index is -3.66. The topological polar surface area (TPSA) is 108 Å². The lowest BCUT2D eigenvalue weighted by molar-refractivity contribution is 0.0572. The molecule has 0 aliphatic carbocycles. The number of carbonyl (C=O) groups is 2. The molecule has 252 valence electrons. The molecule has 1 fully saturated rings. The smallest absolute Gasteiger partial charge is 0.264 e. The molecule has 2 aliphatic heterocycles. The first kappa shape index (κ1) is 33.7. The van der Waals surface area contributed by atoms with Gasteiger partial charge < -0.3 is 14.4 Å². The van der Waals surface area contributed by atoms with E-state index in [1.165, 1.54) is 28.9 Å². The number of nitrogens with zero attached hydrogens (tertiary/aromatic N) is 3. The summed E-state index contributed by atoms with van der Waals surface area (Å²) in [4.78, 5) is 34.6. The molecule has 6 rings (SSSR count). The summed E-state index contributed by atoms with van der Waals surface area (Å²) in [5.41, 5.74) is 3.50. The maximum Gasteiger partial charge on any atom is 0.264 e. The van der Waals surface area contributed by atoms with Crippen LogP contribution in [0.4, 0.5) is 5.69 Å². The maximum atomic E-state index is 14.4. The van der Waals surface area contributed by atoms with Crippen LogP contribution in [0, 0.1) is 0 Å². The van der Waals surface area contributed by atoms with Crippen LogP contribution in [-0.2, 0) is 10.0 Å². The zero-order valence-electron chi connectivity index (χ0n) is 27.3. The van der Waals surface area contributed by atoms with Crippen LogP contribution < -0.4 is 19.1 Å². The number of thiophene rings is 1. The maximum absolute atomic E-state index is 14.4. The number of hydrogen-bond donors (Lipinski definition) is 1. The summed E-state index contributed by atoms with van der Waals surface area (Å²) in [6, 6.07) is 22.4. The highest BCUT2D eigenvalue weighted by Crippen LogP contribution is 2.40. The molecule has 1 saturated heterocycles. The summed E-state index contributed by atoms with van der Waals surface area (Å²) < 4.78 is 39.1. The SMILES string of the molecule is COc1ccc(C(CCCNS(=O)(=O)c2ccsc2)N2C(=O)c3cccc(N4CCN([C@H](C)c5ccccc5)CC4)c3C2=O)cc1OC. The van der Waals surface area contributed by atoms with Gasteiger partial charge in [0.25, 0.3) is 11.8 Å². The molecule has 0 bridgehead atoms. The lowest BCUT2D eigenvalue weighted by atomic mass is 9.99. The van der Waals surface area contributed by atoms with Gasteiger partial charge >= 0.3 is 0 Å². The molecule has 4 aromatic rings. The van der Waals surface area contributed by atoms with Gasteiger partial charge in [-0.05, 0) is 66.6 Å². The lowest BCUT2D eigenvalue weighted by Gasteiger charge is -2.39. The van der Waals surface area contributed by atoms with Gasteiger partial charge in [0, 0.05) is 44.1 Å². The van der Waals surface area contributed by atoms with Crippen LogP contribution in [0.2, 0.25) is 0 Å². The van der Waals surface area contributed by atoms with Crippen LogP contribution in [0.25, 0.3) is 0 Å². The minimum Gasteiger partial charge on any atom is -0.493 e. The van der Waals surface area contributed by atoms with Crippen LogP contribution in [-0.4, -0.2) is 77.0 Å². The molecule has 12 heteroatoms. The van der Waals surface area contributed by atoms with E-state index in [1.807, 2.05) is 24.3 Å². The second-order valence-corrected chi connectivity index (χ2v) is 14.5. The Morgan fingerprint density at radius 1 is 0.854 bits per heavy atom. The van der Waals surface area contributed by atoms with Crippen molar-refractivity contribution in [1.29, 1.82) is 0 Å². The van der Waals surface area contributed by atoms with Crippen LogP contribution in [0.1, 0.15) is 63.7 Å². The number of methoxy groups -OCH3 is 2. The molecule has 48 heavy (non-hydrogen) atoms. The standard InChI is InChI=1S/C36H40N4O6S2/c1-25(26-9-5-4-6-10-26)38-18-20-39(21-19-38)31-12-7-11-29-34(31)36(42)40(35(29)41)30(27-14-15-32(45-2)33(23-27)46-3)13-8-17-37-48(43,44)28-16-22-47-24-28/h4-7,9-12,14-16,22-25,30,37H,8,13,17-21H2,1-3H3/t25-,30?/m1/s1. The number of carbonyl (C=O) groups excluding carboxylic acids is 2. The van der Waals surface area contributed by atoms with Crippen molar-refractivity contribution < 1.29 is 27.5 Å². The zero-order chi connectivity index (χ0) is 33.8. The van der Waals surface area contributed by atoms with Gasteiger partial charge in [0.1, 0.15) is 0 Å². The molecule has 2 amide bonds. The fourth-order valence-corrected chi connectivity index (χ4v) is 8.72. The Balaban J connectivity index is 1.24. The largest absolute Gasteiger partial charge is 0.493 e. The second kappa shape index (κ2) is 14.5. The minimum absolute atomic E-state index is 0.141. The third kappa shape index (κ3) is 6.70. The van der Waals surface area contributed by atoms with Gasteiger partial charge in [-0.25, -0.2) is 13.1 Å². The molecule has 3 aromatic carbocycles. The van der Waals surface area contributed by atoms with Crippen molar-refractivity contribution in [1.82, 2.24) is 14.5 Å². The molecule has 1 aromatic heterocycles. The van der Waals surface area contributed by atoms with Crippen molar-refractivity contribution in [2.75, 3.05) is 51.8 Å². The summed E-state index contributed by atoms with van der Waals surface area (Å²) in [5.74, 6) is 0.267. The van der Waals surface area contributed by atoms with Crippen molar-refractivity contribution in [3.63, 3.8) is 0 Å². The van der Waals surface area contributed by atoms with Crippen LogP contribution in [0.15, 0.2) is 88.5 Å². The predicted molar refractivity (Wildman–Crippen MR) is 187 cm³/mol. The van der Waals surface area contributed by atoms with E-state index in [0.717, 1.165) is 31.9 Å². The molecule has 3 heterocycles. The first-order valence-electron chi connectivity index (χ1n) is 16.0. The molecule has 0 spiro atoms. The highest BCUT2D eigenvalue weighted by atomic mass is 32.2. The van der Waals surface area contributed by atoms with E-state index in [9.17, 15) is 18.0 Å². The fourth-order valence-electron chi connectivity index (χ4n) is 6.62. The van der Waals surface area contributed by atoms with Crippen LogP contribution in [0.3, 0.4) is 0 Å². The monoisotopic (exact) mass is 688 g/mol. The number of piperazine rings is 1. The highest BCUT2D eigenvalue weighted by Gasteiger charge is 2.43. The number of nitrogens with one attached hydrogen (secondary N) is 1. The van der Waals surface area contributed by atoms with Crippen molar-refractivity contribution in [2.24, 2.45) is 0 Å². The number of anilines is 1. The summed E-state index contributed by atoms with van der Waals surface area (Å²) >= 11 is 1.31. The van der Waals surface area contributed by atoms with E-state index in [1.54, 1.807) is 42.1 Å². The molecule has 0 radical (unpaired) electrons. The third-order valence-corrected chi connectivity index (χ3v) is 11.6. The number of benzene rings is 3. The van der Waals surface area contributed by atoms with Crippen molar-refractivity contribution in [3.8, 4) is 11.5 Å². The summed E-state index contributed by atoms with van der Waals surface area (Å²) in [7, 11) is -0.583. The van der Waals surface area contributed by atoms with E-state index < -0.39 is 16.1 Å². The average molecular weight is 689 g/mol. The quantitative estimate of drug-likeness (QED) is 0.140. The highest BCUT2D eigenvalue weighted by molar-refractivity contribution is 7.89. The summed E-state index contributed by atoms with van der Waals surface area (Å²) in [5, 5.41) is 3.29. The Labute approximate surface area is 285 Å². The molecular formula is C36H40N4O6S2. The number of imide groups is 1. The average Bonchev–Trinajstić information content (AvgIpc) is 3.76. The van der Waals surface area contributed by atoms with Gasteiger partial charge in [-0.1, -0.05) is 42.5 Å². The van der Waals surface area contributed by atoms with Gasteiger partial charge in [0.2, 0.25) is 10.0 Å². The molecule has 1 N–H and O–H groups in total. The van der Waals surface area contributed by atoms with Gasteiger partial charge in [-0.3, -0.25) is 19.4 Å². The number of rotatable bonds is 13. The number of sulfonamides is 1. The zero-order valence-corrected chi connectivity index (χ0v) is 28.9. The molecule has 2 atom stereocenters. The first-order chi connectivity index (χ1) is 23.2. The number of ether oxygens (including phenoxy) is 2. The van der Waals surface area contributed by atoms with Crippen LogP contribution >= 0.6 is 11.3 Å². The first-order valence-corrected chi connectivity index (χ1v) is 18.4. The summed E-state index contributed by atoms with van der Waals surface area (Å²) in [6.45, 7) is 5.44. The normalized spacial score (nSPS) is 16.6. The molecule has 10 nitrogen and oxygen atoms in total. The Morgan fingerprint density at radius 3 is 2.29 bits per heavy atom. The lowest BCUT2D eigenvalue weighted by Crippen LogP contribution is -2.47. The Kier molecular flexibility index (Phi) is 10.2. The van der Waals surface area contributed by atoms with Crippen molar-refractivity contribution in [2.45, 2.75) is 36.7 Å². The Morgan fingerprint density at radius 2 is 1.60 bits per heavy atom.